The van der Waals surface area contributed by atoms with Crippen molar-refractivity contribution in [2.75, 3.05) is 22.1 Å². The van der Waals surface area contributed by atoms with Crippen LogP contribution in [0.2, 0.25) is 0 Å². The molecule has 0 aliphatic heterocycles. The van der Waals surface area contributed by atoms with E-state index in [1.165, 1.54) is 21.6 Å². The maximum Gasteiger partial charge on any atom is 0.283 e. The summed E-state index contributed by atoms with van der Waals surface area (Å²) in [6.45, 7) is 0. The normalized spacial score (nSPS) is 12.9. The SMILES string of the molecule is [NH3+][C@@H](CSSC[C@H]([NH3+])C(=O)Nc1ccc2ccccc2c1)C(=O)Nc1ccc2ccccc2c1. The maximum absolute atomic E-state index is 12.5. The summed E-state index contributed by atoms with van der Waals surface area (Å²) in [7, 11) is 3.06. The lowest BCUT2D eigenvalue weighted by molar-refractivity contribution is -0.395. The zero-order chi connectivity index (χ0) is 23.9. The molecule has 0 aliphatic carbocycles. The van der Waals surface area contributed by atoms with Crippen LogP contribution in [-0.2, 0) is 9.59 Å². The number of quaternary nitrogens is 2. The van der Waals surface area contributed by atoms with E-state index in [1.807, 2.05) is 84.9 Å². The summed E-state index contributed by atoms with van der Waals surface area (Å²) in [4.78, 5) is 25.0. The second kappa shape index (κ2) is 11.4. The quantitative estimate of drug-likeness (QED) is 0.212. The Morgan fingerprint density at radius 3 is 1.41 bits per heavy atom. The first-order valence-electron chi connectivity index (χ1n) is 11.0. The lowest BCUT2D eigenvalue weighted by atomic mass is 10.1. The Balaban J connectivity index is 1.19. The second-order valence-electron chi connectivity index (χ2n) is 8.07. The van der Waals surface area contributed by atoms with Crippen LogP contribution in [0.25, 0.3) is 21.5 Å². The largest absolute Gasteiger partial charge is 0.347 e. The monoisotopic (exact) mass is 492 g/mol. The van der Waals surface area contributed by atoms with Crippen molar-refractivity contribution in [1.29, 1.82) is 0 Å². The van der Waals surface area contributed by atoms with Crippen molar-refractivity contribution in [2.24, 2.45) is 0 Å². The Hall–Kier alpha value is -3.04. The fraction of sp³-hybridized carbons (Fsp3) is 0.154. The van der Waals surface area contributed by atoms with Crippen LogP contribution >= 0.6 is 21.6 Å². The van der Waals surface area contributed by atoms with E-state index < -0.39 is 12.1 Å². The number of carbonyl (C=O) groups is 2. The molecule has 174 valence electrons. The van der Waals surface area contributed by atoms with Crippen LogP contribution in [0.5, 0.6) is 0 Å². The molecule has 0 saturated heterocycles. The molecule has 0 aromatic heterocycles. The minimum absolute atomic E-state index is 0.122. The van der Waals surface area contributed by atoms with E-state index in [0.29, 0.717) is 11.5 Å². The van der Waals surface area contributed by atoms with Gasteiger partial charge < -0.3 is 22.1 Å². The molecule has 0 spiro atoms. The average Bonchev–Trinajstić information content (AvgIpc) is 2.86. The number of amides is 2. The zero-order valence-corrected chi connectivity index (χ0v) is 20.3. The number of nitrogens with one attached hydrogen (secondary N) is 2. The fourth-order valence-corrected chi connectivity index (χ4v) is 5.82. The van der Waals surface area contributed by atoms with E-state index in [-0.39, 0.29) is 11.8 Å². The van der Waals surface area contributed by atoms with Gasteiger partial charge >= 0.3 is 0 Å². The number of hydrogen-bond acceptors (Lipinski definition) is 4. The predicted octanol–water partition coefficient (Wildman–Crippen LogP) is 3.17. The van der Waals surface area contributed by atoms with E-state index in [2.05, 4.69) is 22.1 Å². The van der Waals surface area contributed by atoms with Crippen LogP contribution in [0.3, 0.4) is 0 Å². The lowest BCUT2D eigenvalue weighted by Crippen LogP contribution is -2.68. The molecule has 0 bridgehead atoms. The standard InChI is InChI=1S/C26H26N4O2S2/c27-23(25(31)29-21-11-9-17-5-1-3-7-19(17)13-21)15-33-34-16-24(28)26(32)30-22-12-10-18-6-2-4-8-20(18)14-22/h1-14,23-24H,15-16,27-28H2,(H,29,31)(H,30,32)/p+2/t23-,24-/m0/s1. The molecule has 0 aliphatic rings. The third-order valence-electron chi connectivity index (χ3n) is 5.40. The third-order valence-corrected chi connectivity index (χ3v) is 7.96. The number of fused-ring (bicyclic) bond motifs is 2. The molecule has 6 nitrogen and oxygen atoms in total. The van der Waals surface area contributed by atoms with Crippen LogP contribution in [0.1, 0.15) is 0 Å². The van der Waals surface area contributed by atoms with Crippen molar-refractivity contribution in [3.8, 4) is 0 Å². The molecule has 4 aromatic carbocycles. The van der Waals surface area contributed by atoms with Crippen molar-refractivity contribution < 1.29 is 21.1 Å². The summed E-state index contributed by atoms with van der Waals surface area (Å²) in [5, 5.41) is 10.3. The molecule has 4 aromatic rings. The zero-order valence-electron chi connectivity index (χ0n) is 18.7. The molecule has 8 heteroatoms. The Labute approximate surface area is 206 Å². The lowest BCUT2D eigenvalue weighted by Gasteiger charge is -2.12. The molecule has 2 atom stereocenters. The highest BCUT2D eigenvalue weighted by Crippen LogP contribution is 2.24. The molecule has 0 radical (unpaired) electrons. The van der Waals surface area contributed by atoms with E-state index in [1.54, 1.807) is 0 Å². The highest BCUT2D eigenvalue weighted by atomic mass is 33.1. The van der Waals surface area contributed by atoms with Gasteiger partial charge in [-0.15, -0.1) is 0 Å². The van der Waals surface area contributed by atoms with Crippen LogP contribution in [0.15, 0.2) is 84.9 Å². The highest BCUT2D eigenvalue weighted by Gasteiger charge is 2.21. The molecule has 0 saturated carbocycles. The molecule has 0 unspecified atom stereocenters. The topological polar surface area (TPSA) is 113 Å². The molecular weight excluding hydrogens is 464 g/mol. The van der Waals surface area contributed by atoms with E-state index in [0.717, 1.165) is 32.9 Å². The fourth-order valence-electron chi connectivity index (χ4n) is 3.43. The third kappa shape index (κ3) is 6.30. The number of benzene rings is 4. The van der Waals surface area contributed by atoms with Crippen molar-refractivity contribution in [2.45, 2.75) is 12.1 Å². The van der Waals surface area contributed by atoms with Gasteiger partial charge in [-0.3, -0.25) is 9.59 Å². The summed E-state index contributed by atoms with van der Waals surface area (Å²) in [6.07, 6.45) is 0. The van der Waals surface area contributed by atoms with Gasteiger partial charge in [0.1, 0.15) is 0 Å². The molecular formula is C26H28N4O2S2+2. The summed E-state index contributed by atoms with van der Waals surface area (Å²) >= 11 is 0. The number of carbonyl (C=O) groups excluding carboxylic acids is 2. The van der Waals surface area contributed by atoms with Crippen molar-refractivity contribution >= 4 is 66.3 Å². The van der Waals surface area contributed by atoms with Gasteiger partial charge in [-0.05, 0) is 45.8 Å². The minimum Gasteiger partial charge on any atom is -0.347 e. The van der Waals surface area contributed by atoms with E-state index >= 15 is 0 Å². The van der Waals surface area contributed by atoms with Crippen LogP contribution in [-0.4, -0.2) is 35.4 Å². The van der Waals surface area contributed by atoms with Crippen molar-refractivity contribution in [3.05, 3.63) is 84.9 Å². The van der Waals surface area contributed by atoms with Crippen molar-refractivity contribution in [1.82, 2.24) is 0 Å². The summed E-state index contributed by atoms with van der Waals surface area (Å²) < 4.78 is 0. The number of anilines is 2. The summed E-state index contributed by atoms with van der Waals surface area (Å²) in [6, 6.07) is 26.9. The van der Waals surface area contributed by atoms with Gasteiger partial charge in [0.15, 0.2) is 12.1 Å². The Bertz CT molecular complexity index is 1210. The van der Waals surface area contributed by atoms with Gasteiger partial charge in [-0.2, -0.15) is 0 Å². The first-order chi connectivity index (χ1) is 16.5. The highest BCUT2D eigenvalue weighted by molar-refractivity contribution is 8.76. The Kier molecular flexibility index (Phi) is 8.08. The van der Waals surface area contributed by atoms with E-state index in [4.69, 9.17) is 0 Å². The van der Waals surface area contributed by atoms with Gasteiger partial charge in [0.2, 0.25) is 0 Å². The van der Waals surface area contributed by atoms with Gasteiger partial charge in [0.25, 0.3) is 11.8 Å². The van der Waals surface area contributed by atoms with Gasteiger partial charge in [-0.1, -0.05) is 82.3 Å². The van der Waals surface area contributed by atoms with E-state index in [9.17, 15) is 9.59 Å². The summed E-state index contributed by atoms with van der Waals surface area (Å²) in [5.41, 5.74) is 9.50. The van der Waals surface area contributed by atoms with Gasteiger partial charge in [0.05, 0.1) is 11.5 Å². The van der Waals surface area contributed by atoms with Gasteiger partial charge in [-0.25, -0.2) is 0 Å². The molecule has 0 heterocycles. The first kappa shape index (κ1) is 24.1. The molecule has 34 heavy (non-hydrogen) atoms. The average molecular weight is 493 g/mol. The van der Waals surface area contributed by atoms with Gasteiger partial charge in [0, 0.05) is 11.4 Å². The minimum atomic E-state index is -0.404. The smallest absolute Gasteiger partial charge is 0.283 e. The van der Waals surface area contributed by atoms with Crippen molar-refractivity contribution in [3.63, 3.8) is 0 Å². The van der Waals surface area contributed by atoms with Crippen LogP contribution < -0.4 is 22.1 Å². The molecule has 8 N–H and O–H groups in total. The maximum atomic E-state index is 12.5. The number of hydrogen-bond donors (Lipinski definition) is 4. The van der Waals surface area contributed by atoms with Crippen LogP contribution in [0.4, 0.5) is 11.4 Å². The first-order valence-corrected chi connectivity index (χ1v) is 13.5. The predicted molar refractivity (Wildman–Crippen MR) is 143 cm³/mol. The molecule has 4 rings (SSSR count). The summed E-state index contributed by atoms with van der Waals surface area (Å²) in [5.74, 6) is 0.846. The molecule has 2 amide bonds. The van der Waals surface area contributed by atoms with Crippen LogP contribution in [0, 0.1) is 0 Å². The second-order valence-corrected chi connectivity index (χ2v) is 10.6. The Morgan fingerprint density at radius 1 is 0.618 bits per heavy atom. The number of rotatable bonds is 9. The molecule has 0 fully saturated rings. The Morgan fingerprint density at radius 2 is 1.00 bits per heavy atom.